The summed E-state index contributed by atoms with van der Waals surface area (Å²) in [5, 5.41) is 0. The second-order valence-electron chi connectivity index (χ2n) is 6.22. The average molecular weight is 322 g/mol. The molecule has 1 aromatic carbocycles. The number of hydrogen-bond acceptors (Lipinski definition) is 5. The number of aryl methyl sites for hydroxylation is 1. The summed E-state index contributed by atoms with van der Waals surface area (Å²) in [6.45, 7) is 5.96. The van der Waals surface area contributed by atoms with E-state index in [2.05, 4.69) is 4.74 Å². The maximum atomic E-state index is 11.6. The van der Waals surface area contributed by atoms with Crippen molar-refractivity contribution >= 4 is 11.9 Å². The van der Waals surface area contributed by atoms with Crippen LogP contribution in [-0.4, -0.2) is 31.3 Å². The Balaban J connectivity index is 2.40. The summed E-state index contributed by atoms with van der Waals surface area (Å²) >= 11 is 0. The fourth-order valence-electron chi connectivity index (χ4n) is 1.98. The summed E-state index contributed by atoms with van der Waals surface area (Å²) in [6, 6.07) is 7.57. The van der Waals surface area contributed by atoms with Crippen LogP contribution in [0.3, 0.4) is 0 Å². The predicted octanol–water partition coefficient (Wildman–Crippen LogP) is 3.29. The van der Waals surface area contributed by atoms with Gasteiger partial charge in [0.2, 0.25) is 0 Å². The van der Waals surface area contributed by atoms with Crippen LogP contribution in [-0.2, 0) is 25.5 Å². The number of hydrogen-bond donors (Lipinski definition) is 0. The zero-order chi connectivity index (χ0) is 17.3. The van der Waals surface area contributed by atoms with Crippen molar-refractivity contribution in [2.45, 2.75) is 52.1 Å². The quantitative estimate of drug-likeness (QED) is 0.543. The van der Waals surface area contributed by atoms with Gasteiger partial charge >= 0.3 is 11.9 Å². The molecule has 1 aromatic rings. The fraction of sp³-hybridized carbons (Fsp3) is 0.556. The van der Waals surface area contributed by atoms with E-state index in [4.69, 9.17) is 9.47 Å². The van der Waals surface area contributed by atoms with Crippen LogP contribution in [0.4, 0.5) is 0 Å². The molecule has 0 atom stereocenters. The number of rotatable bonds is 8. The van der Waals surface area contributed by atoms with Gasteiger partial charge in [-0.05, 0) is 45.2 Å². The van der Waals surface area contributed by atoms with Gasteiger partial charge in [-0.25, -0.2) is 0 Å². The molecule has 1 rings (SSSR count). The van der Waals surface area contributed by atoms with Crippen molar-refractivity contribution in [2.24, 2.45) is 0 Å². The number of methoxy groups -OCH3 is 1. The summed E-state index contributed by atoms with van der Waals surface area (Å²) in [7, 11) is 1.38. The van der Waals surface area contributed by atoms with Crippen molar-refractivity contribution in [3.05, 3.63) is 29.8 Å². The predicted molar refractivity (Wildman–Crippen MR) is 87.4 cm³/mol. The molecule has 0 amide bonds. The normalized spacial score (nSPS) is 11.0. The third kappa shape index (κ3) is 8.24. The molecule has 0 bridgehead atoms. The molecular weight excluding hydrogens is 296 g/mol. The van der Waals surface area contributed by atoms with Crippen LogP contribution in [0.25, 0.3) is 0 Å². The highest BCUT2D eigenvalue weighted by Crippen LogP contribution is 2.20. The van der Waals surface area contributed by atoms with Gasteiger partial charge in [-0.3, -0.25) is 9.59 Å². The van der Waals surface area contributed by atoms with E-state index in [0.717, 1.165) is 11.3 Å². The molecule has 0 unspecified atom stereocenters. The van der Waals surface area contributed by atoms with E-state index in [1.165, 1.54) is 7.11 Å². The minimum absolute atomic E-state index is 0.222. The fourth-order valence-corrected chi connectivity index (χ4v) is 1.98. The van der Waals surface area contributed by atoms with Crippen molar-refractivity contribution in [2.75, 3.05) is 13.7 Å². The Morgan fingerprint density at radius 2 is 1.74 bits per heavy atom. The van der Waals surface area contributed by atoms with Gasteiger partial charge in [-0.1, -0.05) is 18.2 Å². The molecule has 0 fully saturated rings. The second kappa shape index (κ2) is 9.18. The molecule has 0 saturated carbocycles. The first-order valence-electron chi connectivity index (χ1n) is 7.81. The molecule has 23 heavy (non-hydrogen) atoms. The van der Waals surface area contributed by atoms with Gasteiger partial charge in [0.25, 0.3) is 0 Å². The van der Waals surface area contributed by atoms with Crippen LogP contribution in [0.15, 0.2) is 24.3 Å². The van der Waals surface area contributed by atoms with Crippen LogP contribution in [0.5, 0.6) is 5.75 Å². The second-order valence-corrected chi connectivity index (χ2v) is 6.22. The Bertz CT molecular complexity index is 516. The van der Waals surface area contributed by atoms with Crippen molar-refractivity contribution in [1.82, 2.24) is 0 Å². The molecule has 0 saturated heterocycles. The van der Waals surface area contributed by atoms with Gasteiger partial charge in [0.05, 0.1) is 13.7 Å². The minimum Gasteiger partial charge on any atom is -0.493 e. The first kappa shape index (κ1) is 19.0. The van der Waals surface area contributed by atoms with E-state index in [-0.39, 0.29) is 11.9 Å². The molecule has 0 aromatic heterocycles. The number of ether oxygens (including phenoxy) is 3. The van der Waals surface area contributed by atoms with Crippen molar-refractivity contribution < 1.29 is 23.8 Å². The first-order valence-corrected chi connectivity index (χ1v) is 7.81. The topological polar surface area (TPSA) is 61.8 Å². The summed E-state index contributed by atoms with van der Waals surface area (Å²) in [6.07, 6.45) is 1.78. The zero-order valence-corrected chi connectivity index (χ0v) is 14.4. The van der Waals surface area contributed by atoms with Gasteiger partial charge in [0.15, 0.2) is 0 Å². The lowest BCUT2D eigenvalue weighted by Crippen LogP contribution is -2.24. The molecule has 0 radical (unpaired) electrons. The summed E-state index contributed by atoms with van der Waals surface area (Å²) in [5.74, 6) is 0.269. The third-order valence-electron chi connectivity index (χ3n) is 3.00. The molecule has 128 valence electrons. The maximum absolute atomic E-state index is 11.6. The van der Waals surface area contributed by atoms with Gasteiger partial charge in [0.1, 0.15) is 11.4 Å². The van der Waals surface area contributed by atoms with Crippen molar-refractivity contribution in [3.63, 3.8) is 0 Å². The van der Waals surface area contributed by atoms with Crippen molar-refractivity contribution in [1.29, 1.82) is 0 Å². The summed E-state index contributed by atoms with van der Waals surface area (Å²) < 4.78 is 15.6. The largest absolute Gasteiger partial charge is 0.493 e. The van der Waals surface area contributed by atoms with E-state index >= 15 is 0 Å². The molecule has 0 aliphatic heterocycles. The number of carbonyl (C=O) groups excluding carboxylic acids is 2. The van der Waals surface area contributed by atoms with E-state index in [1.807, 2.05) is 45.0 Å². The highest BCUT2D eigenvalue weighted by Gasteiger charge is 2.15. The monoisotopic (exact) mass is 322 g/mol. The van der Waals surface area contributed by atoms with Crippen LogP contribution in [0, 0.1) is 0 Å². The van der Waals surface area contributed by atoms with Crippen LogP contribution in [0.1, 0.15) is 45.6 Å². The minimum atomic E-state index is -0.460. The number of benzene rings is 1. The van der Waals surface area contributed by atoms with Gasteiger partial charge in [-0.2, -0.15) is 0 Å². The van der Waals surface area contributed by atoms with Gasteiger partial charge in [-0.15, -0.1) is 0 Å². The Hall–Kier alpha value is -2.04. The highest BCUT2D eigenvalue weighted by molar-refractivity contribution is 5.70. The Labute approximate surface area is 137 Å². The van der Waals surface area contributed by atoms with Crippen LogP contribution < -0.4 is 4.74 Å². The van der Waals surface area contributed by atoms with Crippen LogP contribution in [0.2, 0.25) is 0 Å². The molecular formula is C18H26O5. The standard InChI is InChI=1S/C18H26O5/c1-18(2,3)23-17(20)10-7-13-22-15-9-6-5-8-14(15)11-12-16(19)21-4/h5-6,8-9H,7,10-13H2,1-4H3. The van der Waals surface area contributed by atoms with E-state index in [1.54, 1.807) is 0 Å². The smallest absolute Gasteiger partial charge is 0.306 e. The summed E-state index contributed by atoms with van der Waals surface area (Å²) in [5.41, 5.74) is 0.494. The third-order valence-corrected chi connectivity index (χ3v) is 3.00. The molecule has 0 N–H and O–H groups in total. The average Bonchev–Trinajstić information content (AvgIpc) is 2.48. The van der Waals surface area contributed by atoms with Gasteiger partial charge < -0.3 is 14.2 Å². The molecule has 0 spiro atoms. The highest BCUT2D eigenvalue weighted by atomic mass is 16.6. The Kier molecular flexibility index (Phi) is 7.59. The SMILES string of the molecule is COC(=O)CCc1ccccc1OCCCC(=O)OC(C)(C)C. The van der Waals surface area contributed by atoms with E-state index < -0.39 is 5.60 Å². The zero-order valence-electron chi connectivity index (χ0n) is 14.4. The Morgan fingerprint density at radius 1 is 1.04 bits per heavy atom. The molecule has 5 nitrogen and oxygen atoms in total. The number of esters is 2. The number of para-hydroxylation sites is 1. The molecule has 0 aliphatic carbocycles. The molecule has 5 heteroatoms. The van der Waals surface area contributed by atoms with Crippen LogP contribution >= 0.6 is 0 Å². The lowest BCUT2D eigenvalue weighted by molar-refractivity contribution is -0.155. The van der Waals surface area contributed by atoms with Crippen molar-refractivity contribution in [3.8, 4) is 5.75 Å². The first-order chi connectivity index (χ1) is 10.8. The van der Waals surface area contributed by atoms with E-state index in [9.17, 15) is 9.59 Å². The lowest BCUT2D eigenvalue weighted by atomic mass is 10.1. The maximum Gasteiger partial charge on any atom is 0.306 e. The Morgan fingerprint density at radius 3 is 2.39 bits per heavy atom. The molecule has 0 aliphatic rings. The summed E-state index contributed by atoms with van der Waals surface area (Å²) in [4.78, 5) is 22.8. The number of carbonyl (C=O) groups is 2. The van der Waals surface area contributed by atoms with Gasteiger partial charge in [0, 0.05) is 12.8 Å². The lowest BCUT2D eigenvalue weighted by Gasteiger charge is -2.19. The van der Waals surface area contributed by atoms with E-state index in [0.29, 0.717) is 32.3 Å². The molecule has 0 heterocycles.